The van der Waals surface area contributed by atoms with Gasteiger partial charge in [0.15, 0.2) is 18.3 Å². The van der Waals surface area contributed by atoms with Crippen LogP contribution in [-0.4, -0.2) is 86.9 Å². The van der Waals surface area contributed by atoms with Gasteiger partial charge < -0.3 is 29.7 Å². The van der Waals surface area contributed by atoms with E-state index in [0.29, 0.717) is 37.6 Å². The number of piperazine rings is 1. The van der Waals surface area contributed by atoms with Crippen molar-refractivity contribution in [2.45, 2.75) is 13.0 Å². The smallest absolute Gasteiger partial charge is 0.414 e. The minimum atomic E-state index is -1.41. The second-order valence-electron chi connectivity index (χ2n) is 10.5. The summed E-state index contributed by atoms with van der Waals surface area (Å²) in [7, 11) is 1.65. The molecule has 2 amide bonds. The molecule has 0 aliphatic carbocycles. The van der Waals surface area contributed by atoms with Gasteiger partial charge in [0, 0.05) is 46.3 Å². The molecule has 6 rings (SSSR count). The van der Waals surface area contributed by atoms with E-state index in [1.54, 1.807) is 29.1 Å². The molecular formula is C28H28F2N6O7. The number of rotatable bonds is 6. The number of anilines is 3. The standard InChI is InChI=1S/C28H28F2N6O7/c1-15(37)31-11-17-12-35(28(41)43-17)16-3-4-22(20(29)9-16)33-5-7-34(8-6-33)24-21(30)10-18-23-26(24)42-14-32(2)36(23)13-19(25(18)38)27(39)40/h3-4,9-10,13,17H,5-8,11-12,14H2,1-2H3,(H,31,37)(H,39,40)/t17-/m0/s1. The third kappa shape index (κ3) is 4.89. The SMILES string of the molecule is CC(=O)NC[C@H]1CN(c2ccc(N3CCN(c4c(F)cc5c(=O)c(C(=O)O)cn6c5c4OCN6C)CC3)c(F)c2)C(=O)O1. The Bertz CT molecular complexity index is 1720. The second kappa shape index (κ2) is 10.6. The average Bonchev–Trinajstić information content (AvgIpc) is 3.35. The van der Waals surface area contributed by atoms with Crippen LogP contribution in [0.1, 0.15) is 17.3 Å². The fourth-order valence-electron chi connectivity index (χ4n) is 5.66. The van der Waals surface area contributed by atoms with Crippen molar-refractivity contribution in [1.29, 1.82) is 0 Å². The molecule has 3 aromatic rings. The highest BCUT2D eigenvalue weighted by atomic mass is 19.1. The number of nitrogens with one attached hydrogen (secondary N) is 1. The number of halogens is 2. The molecule has 0 bridgehead atoms. The van der Waals surface area contributed by atoms with E-state index in [2.05, 4.69) is 5.32 Å². The lowest BCUT2D eigenvalue weighted by Crippen LogP contribution is -2.48. The Hall–Kier alpha value is -5.08. The van der Waals surface area contributed by atoms with Gasteiger partial charge in [-0.05, 0) is 24.3 Å². The number of hydrogen-bond acceptors (Lipinski definition) is 9. The topological polar surface area (TPSA) is 137 Å². The lowest BCUT2D eigenvalue weighted by molar-refractivity contribution is -0.119. The highest BCUT2D eigenvalue weighted by molar-refractivity contribution is 5.97. The first-order chi connectivity index (χ1) is 20.5. The fourth-order valence-corrected chi connectivity index (χ4v) is 5.66. The number of hydrogen-bond donors (Lipinski definition) is 2. The van der Waals surface area contributed by atoms with Gasteiger partial charge >= 0.3 is 12.1 Å². The number of ether oxygens (including phenoxy) is 2. The summed E-state index contributed by atoms with van der Waals surface area (Å²) in [6.07, 6.45) is 0.0255. The van der Waals surface area contributed by atoms with Gasteiger partial charge in [0.25, 0.3) is 0 Å². The Kier molecular flexibility index (Phi) is 6.94. The van der Waals surface area contributed by atoms with Gasteiger partial charge in [0.1, 0.15) is 28.7 Å². The van der Waals surface area contributed by atoms with Crippen molar-refractivity contribution >= 4 is 45.9 Å². The van der Waals surface area contributed by atoms with Crippen LogP contribution in [0.2, 0.25) is 0 Å². The molecule has 2 saturated heterocycles. The average molecular weight is 599 g/mol. The highest BCUT2D eigenvalue weighted by Crippen LogP contribution is 2.40. The summed E-state index contributed by atoms with van der Waals surface area (Å²) >= 11 is 0. The number of benzene rings is 2. The molecule has 3 aliphatic rings. The molecule has 0 saturated carbocycles. The molecular weight excluding hydrogens is 570 g/mol. The van der Waals surface area contributed by atoms with Crippen molar-refractivity contribution in [2.24, 2.45) is 0 Å². The summed E-state index contributed by atoms with van der Waals surface area (Å²) in [6.45, 7) is 2.96. The maximum absolute atomic E-state index is 15.6. The quantitative estimate of drug-likeness (QED) is 0.431. The van der Waals surface area contributed by atoms with Gasteiger partial charge in [-0.25, -0.2) is 18.4 Å². The number of cyclic esters (lactones) is 1. The highest BCUT2D eigenvalue weighted by Gasteiger charge is 2.34. The van der Waals surface area contributed by atoms with E-state index in [4.69, 9.17) is 9.47 Å². The van der Waals surface area contributed by atoms with Crippen molar-refractivity contribution in [3.63, 3.8) is 0 Å². The molecule has 2 N–H and O–H groups in total. The van der Waals surface area contributed by atoms with Crippen LogP contribution < -0.4 is 35.2 Å². The summed E-state index contributed by atoms with van der Waals surface area (Å²) in [5.74, 6) is -2.79. The van der Waals surface area contributed by atoms with Crippen LogP contribution in [0, 0.1) is 11.6 Å². The largest absolute Gasteiger partial charge is 0.477 e. The minimum Gasteiger partial charge on any atom is -0.477 e. The van der Waals surface area contributed by atoms with Crippen molar-refractivity contribution in [3.05, 3.63) is 57.9 Å². The first-order valence-corrected chi connectivity index (χ1v) is 13.5. The van der Waals surface area contributed by atoms with E-state index < -0.39 is 40.8 Å². The Morgan fingerprint density at radius 3 is 2.47 bits per heavy atom. The minimum absolute atomic E-state index is 0.00342. The number of carboxylic acids is 1. The zero-order valence-corrected chi connectivity index (χ0v) is 23.3. The van der Waals surface area contributed by atoms with E-state index in [1.165, 1.54) is 28.8 Å². The molecule has 2 fully saturated rings. The summed E-state index contributed by atoms with van der Waals surface area (Å²) < 4.78 is 43.5. The fraction of sp³-hybridized carbons (Fsp3) is 0.357. The molecule has 226 valence electrons. The Balaban J connectivity index is 1.21. The third-order valence-electron chi connectivity index (χ3n) is 7.78. The number of carbonyl (C=O) groups excluding carboxylic acids is 2. The predicted octanol–water partition coefficient (Wildman–Crippen LogP) is 1.68. The summed E-state index contributed by atoms with van der Waals surface area (Å²) in [4.78, 5) is 52.9. The molecule has 3 aliphatic heterocycles. The first kappa shape index (κ1) is 28.1. The lowest BCUT2D eigenvalue weighted by Gasteiger charge is -2.39. The molecule has 1 aromatic heterocycles. The van der Waals surface area contributed by atoms with Gasteiger partial charge in [0.05, 0.1) is 29.9 Å². The van der Waals surface area contributed by atoms with Gasteiger partial charge in [-0.15, -0.1) is 0 Å². The van der Waals surface area contributed by atoms with Gasteiger partial charge in [-0.1, -0.05) is 0 Å². The molecule has 15 heteroatoms. The molecule has 2 aromatic carbocycles. The Labute approximate surface area is 243 Å². The van der Waals surface area contributed by atoms with Crippen molar-refractivity contribution in [1.82, 2.24) is 9.99 Å². The lowest BCUT2D eigenvalue weighted by atomic mass is 10.1. The van der Waals surface area contributed by atoms with E-state index in [9.17, 15) is 24.3 Å². The van der Waals surface area contributed by atoms with Crippen LogP contribution in [0.25, 0.3) is 10.9 Å². The maximum atomic E-state index is 15.6. The van der Waals surface area contributed by atoms with E-state index in [0.717, 1.165) is 6.07 Å². The number of aromatic nitrogens is 1. The van der Waals surface area contributed by atoms with Crippen molar-refractivity contribution < 1.29 is 37.7 Å². The zero-order valence-electron chi connectivity index (χ0n) is 23.3. The normalized spacial score (nSPS) is 18.1. The van der Waals surface area contributed by atoms with Crippen LogP contribution in [0.3, 0.4) is 0 Å². The maximum Gasteiger partial charge on any atom is 0.414 e. The van der Waals surface area contributed by atoms with E-state index in [1.807, 2.05) is 4.90 Å². The van der Waals surface area contributed by atoms with Crippen LogP contribution in [0.15, 0.2) is 35.3 Å². The zero-order chi connectivity index (χ0) is 30.6. The van der Waals surface area contributed by atoms with Gasteiger partial charge in [-0.3, -0.25) is 24.2 Å². The number of pyridine rings is 1. The molecule has 4 heterocycles. The first-order valence-electron chi connectivity index (χ1n) is 13.5. The number of carbonyl (C=O) groups is 3. The summed E-state index contributed by atoms with van der Waals surface area (Å²) in [6, 6.07) is 5.49. The predicted molar refractivity (Wildman–Crippen MR) is 152 cm³/mol. The number of carboxylic acid groups (broad SMARTS) is 1. The summed E-state index contributed by atoms with van der Waals surface area (Å²) in [5.41, 5.74) is -0.227. The van der Waals surface area contributed by atoms with E-state index in [-0.39, 0.29) is 48.1 Å². The van der Waals surface area contributed by atoms with Gasteiger partial charge in [-0.2, -0.15) is 0 Å². The molecule has 0 spiro atoms. The number of aromatic carboxylic acids is 1. The molecule has 0 unspecified atom stereocenters. The Morgan fingerprint density at radius 2 is 1.79 bits per heavy atom. The van der Waals surface area contributed by atoms with Crippen LogP contribution in [-0.2, 0) is 9.53 Å². The molecule has 13 nitrogen and oxygen atoms in total. The summed E-state index contributed by atoms with van der Waals surface area (Å²) in [5, 5.41) is 13.5. The molecule has 1 atom stereocenters. The van der Waals surface area contributed by atoms with Crippen LogP contribution in [0.5, 0.6) is 5.75 Å². The monoisotopic (exact) mass is 598 g/mol. The molecule has 0 radical (unpaired) electrons. The van der Waals surface area contributed by atoms with E-state index >= 15 is 8.78 Å². The van der Waals surface area contributed by atoms with Crippen molar-refractivity contribution in [2.75, 3.05) is 72.8 Å². The molecule has 43 heavy (non-hydrogen) atoms. The number of amides is 2. The van der Waals surface area contributed by atoms with Crippen LogP contribution in [0.4, 0.5) is 30.6 Å². The third-order valence-corrected chi connectivity index (χ3v) is 7.78. The van der Waals surface area contributed by atoms with Crippen molar-refractivity contribution in [3.8, 4) is 5.75 Å². The van der Waals surface area contributed by atoms with Gasteiger partial charge in [0.2, 0.25) is 11.3 Å². The van der Waals surface area contributed by atoms with Crippen LogP contribution >= 0.6 is 0 Å². The Morgan fingerprint density at radius 1 is 1.07 bits per heavy atom. The second-order valence-corrected chi connectivity index (χ2v) is 10.5. The number of nitrogens with zero attached hydrogens (tertiary/aromatic N) is 5.